The molecule has 110 valence electrons. The fraction of sp³-hybridized carbons (Fsp3) is 0.267. The van der Waals surface area contributed by atoms with Gasteiger partial charge in [-0.1, -0.05) is 18.2 Å². The highest BCUT2D eigenvalue weighted by atomic mass is 16.6. The number of nitrogens with zero attached hydrogens (tertiary/aromatic N) is 1. The first-order valence-electron chi connectivity index (χ1n) is 6.37. The Kier molecular flexibility index (Phi) is 4.07. The van der Waals surface area contributed by atoms with Crippen molar-refractivity contribution in [2.75, 3.05) is 6.61 Å². The molecule has 0 radical (unpaired) electrons. The van der Waals surface area contributed by atoms with Gasteiger partial charge in [0.25, 0.3) is 5.69 Å². The van der Waals surface area contributed by atoms with E-state index in [-0.39, 0.29) is 12.3 Å². The standard InChI is InChI=1S/C15H15NO5/c1-15(2)13(10-14(17)21-15)20-8-4-6-11-5-3-7-12(9-11)16(18)19/h3-7,9-10H,8H2,1-2H3/b6-4+. The van der Waals surface area contributed by atoms with Gasteiger partial charge >= 0.3 is 5.97 Å². The van der Waals surface area contributed by atoms with Crippen LogP contribution in [0.25, 0.3) is 6.08 Å². The molecule has 0 unspecified atom stereocenters. The number of hydrogen-bond donors (Lipinski definition) is 0. The third kappa shape index (κ3) is 3.68. The van der Waals surface area contributed by atoms with Gasteiger partial charge in [0.05, 0.1) is 11.0 Å². The molecule has 0 aliphatic carbocycles. The fourth-order valence-corrected chi connectivity index (χ4v) is 1.89. The second kappa shape index (κ2) is 5.78. The molecule has 0 bridgehead atoms. The zero-order chi connectivity index (χ0) is 15.5. The molecule has 0 aromatic heterocycles. The molecule has 1 heterocycles. The van der Waals surface area contributed by atoms with Crippen molar-refractivity contribution in [3.05, 3.63) is 57.9 Å². The number of carbonyl (C=O) groups excluding carboxylic acids is 1. The van der Waals surface area contributed by atoms with E-state index in [1.54, 1.807) is 38.1 Å². The molecule has 0 fully saturated rings. The van der Waals surface area contributed by atoms with Gasteiger partial charge in [-0.2, -0.15) is 0 Å². The Hall–Kier alpha value is -2.63. The van der Waals surface area contributed by atoms with Crippen molar-refractivity contribution in [3.63, 3.8) is 0 Å². The molecule has 0 N–H and O–H groups in total. The molecule has 0 saturated heterocycles. The summed E-state index contributed by atoms with van der Waals surface area (Å²) >= 11 is 0. The molecular weight excluding hydrogens is 274 g/mol. The predicted octanol–water partition coefficient (Wildman–Crippen LogP) is 2.84. The van der Waals surface area contributed by atoms with Crippen molar-refractivity contribution < 1.29 is 19.2 Å². The molecule has 0 amide bonds. The minimum absolute atomic E-state index is 0.0386. The molecule has 0 saturated carbocycles. The van der Waals surface area contributed by atoms with Gasteiger partial charge in [-0.05, 0) is 25.5 Å². The number of carbonyl (C=O) groups is 1. The SMILES string of the molecule is CC1(C)OC(=O)C=C1OC/C=C/c1cccc([N+](=O)[O-])c1. The van der Waals surface area contributed by atoms with Crippen LogP contribution in [0.1, 0.15) is 19.4 Å². The van der Waals surface area contributed by atoms with Crippen molar-refractivity contribution in [3.8, 4) is 0 Å². The summed E-state index contributed by atoms with van der Waals surface area (Å²) in [6, 6.07) is 6.28. The van der Waals surface area contributed by atoms with Crippen LogP contribution >= 0.6 is 0 Å². The zero-order valence-electron chi connectivity index (χ0n) is 11.7. The highest BCUT2D eigenvalue weighted by molar-refractivity contribution is 5.86. The first-order valence-corrected chi connectivity index (χ1v) is 6.37. The van der Waals surface area contributed by atoms with E-state index in [0.717, 1.165) is 0 Å². The van der Waals surface area contributed by atoms with E-state index < -0.39 is 16.5 Å². The predicted molar refractivity (Wildman–Crippen MR) is 76.3 cm³/mol. The number of nitro groups is 1. The van der Waals surface area contributed by atoms with Gasteiger partial charge in [-0.3, -0.25) is 10.1 Å². The Morgan fingerprint density at radius 3 is 2.81 bits per heavy atom. The molecule has 21 heavy (non-hydrogen) atoms. The Labute approximate surface area is 121 Å². The van der Waals surface area contributed by atoms with Crippen LogP contribution < -0.4 is 0 Å². The van der Waals surface area contributed by atoms with E-state index in [9.17, 15) is 14.9 Å². The van der Waals surface area contributed by atoms with Crippen LogP contribution in [0.15, 0.2) is 42.2 Å². The largest absolute Gasteiger partial charge is 0.489 e. The Bertz CT molecular complexity index is 631. The number of non-ortho nitro benzene ring substituents is 1. The van der Waals surface area contributed by atoms with Crippen molar-refractivity contribution in [2.24, 2.45) is 0 Å². The third-order valence-corrected chi connectivity index (χ3v) is 2.92. The number of cyclic esters (lactones) is 1. The molecule has 6 heteroatoms. The Balaban J connectivity index is 1.95. The maximum Gasteiger partial charge on any atom is 0.335 e. The van der Waals surface area contributed by atoms with Crippen LogP contribution in [0.4, 0.5) is 5.69 Å². The van der Waals surface area contributed by atoms with E-state index in [1.807, 2.05) is 0 Å². The van der Waals surface area contributed by atoms with Crippen molar-refractivity contribution in [2.45, 2.75) is 19.4 Å². The van der Waals surface area contributed by atoms with Gasteiger partial charge in [0.2, 0.25) is 0 Å². The van der Waals surface area contributed by atoms with Crippen molar-refractivity contribution in [1.29, 1.82) is 0 Å². The highest BCUT2D eigenvalue weighted by Crippen LogP contribution is 2.27. The lowest BCUT2D eigenvalue weighted by Gasteiger charge is -2.20. The van der Waals surface area contributed by atoms with Gasteiger partial charge in [0.15, 0.2) is 5.60 Å². The summed E-state index contributed by atoms with van der Waals surface area (Å²) in [6.07, 6.45) is 4.76. The number of esters is 1. The van der Waals surface area contributed by atoms with Crippen LogP contribution in [-0.4, -0.2) is 23.1 Å². The molecular formula is C15H15NO5. The molecule has 1 aliphatic rings. The van der Waals surface area contributed by atoms with Crippen LogP contribution in [0, 0.1) is 10.1 Å². The second-order valence-electron chi connectivity index (χ2n) is 5.01. The lowest BCUT2D eigenvalue weighted by Crippen LogP contribution is -2.24. The summed E-state index contributed by atoms with van der Waals surface area (Å²) < 4.78 is 10.5. The second-order valence-corrected chi connectivity index (χ2v) is 5.01. The van der Waals surface area contributed by atoms with Crippen molar-refractivity contribution >= 4 is 17.7 Å². The lowest BCUT2D eigenvalue weighted by atomic mass is 10.1. The van der Waals surface area contributed by atoms with E-state index in [1.165, 1.54) is 18.2 Å². The van der Waals surface area contributed by atoms with E-state index in [2.05, 4.69) is 0 Å². The van der Waals surface area contributed by atoms with Gasteiger partial charge in [0, 0.05) is 12.1 Å². The number of rotatable bonds is 5. The van der Waals surface area contributed by atoms with E-state index in [0.29, 0.717) is 11.3 Å². The summed E-state index contributed by atoms with van der Waals surface area (Å²) in [7, 11) is 0. The quantitative estimate of drug-likeness (QED) is 0.473. The minimum atomic E-state index is -0.754. The lowest BCUT2D eigenvalue weighted by molar-refractivity contribution is -0.384. The molecule has 2 rings (SSSR count). The number of hydrogen-bond acceptors (Lipinski definition) is 5. The van der Waals surface area contributed by atoms with Crippen LogP contribution in [0.5, 0.6) is 0 Å². The first kappa shape index (κ1) is 14.8. The Morgan fingerprint density at radius 1 is 1.43 bits per heavy atom. The first-order chi connectivity index (χ1) is 9.88. The average Bonchev–Trinajstić information content (AvgIpc) is 2.67. The summed E-state index contributed by atoms with van der Waals surface area (Å²) in [6.45, 7) is 3.73. The van der Waals surface area contributed by atoms with Crippen molar-refractivity contribution in [1.82, 2.24) is 0 Å². The molecule has 0 atom stereocenters. The van der Waals surface area contributed by atoms with Crippen LogP contribution in [-0.2, 0) is 14.3 Å². The summed E-state index contributed by atoms with van der Waals surface area (Å²) in [5.41, 5.74) is -0.00677. The topological polar surface area (TPSA) is 78.7 Å². The summed E-state index contributed by atoms with van der Waals surface area (Å²) in [5.74, 6) is 0.0499. The third-order valence-electron chi connectivity index (χ3n) is 2.92. The van der Waals surface area contributed by atoms with E-state index >= 15 is 0 Å². The molecule has 1 aliphatic heterocycles. The summed E-state index contributed by atoms with van der Waals surface area (Å²) in [5, 5.41) is 10.7. The highest BCUT2D eigenvalue weighted by Gasteiger charge is 2.35. The molecule has 1 aromatic carbocycles. The van der Waals surface area contributed by atoms with Gasteiger partial charge in [-0.15, -0.1) is 0 Å². The fourth-order valence-electron chi connectivity index (χ4n) is 1.89. The minimum Gasteiger partial charge on any atom is -0.489 e. The average molecular weight is 289 g/mol. The zero-order valence-corrected chi connectivity index (χ0v) is 11.7. The monoisotopic (exact) mass is 289 g/mol. The van der Waals surface area contributed by atoms with Crippen LogP contribution in [0.2, 0.25) is 0 Å². The number of nitro benzene ring substituents is 1. The maximum absolute atomic E-state index is 11.2. The molecule has 0 spiro atoms. The van der Waals surface area contributed by atoms with Gasteiger partial charge in [-0.25, -0.2) is 4.79 Å². The Morgan fingerprint density at radius 2 is 2.19 bits per heavy atom. The number of benzene rings is 1. The van der Waals surface area contributed by atoms with Gasteiger partial charge < -0.3 is 9.47 Å². The number of ether oxygens (including phenoxy) is 2. The molecule has 1 aromatic rings. The van der Waals surface area contributed by atoms with Gasteiger partial charge in [0.1, 0.15) is 12.4 Å². The maximum atomic E-state index is 11.2. The summed E-state index contributed by atoms with van der Waals surface area (Å²) in [4.78, 5) is 21.4. The molecule has 6 nitrogen and oxygen atoms in total. The normalized spacial score (nSPS) is 16.7. The van der Waals surface area contributed by atoms with E-state index in [4.69, 9.17) is 9.47 Å². The smallest absolute Gasteiger partial charge is 0.335 e. The van der Waals surface area contributed by atoms with Crippen LogP contribution in [0.3, 0.4) is 0 Å².